The van der Waals surface area contributed by atoms with Gasteiger partial charge >= 0.3 is 0 Å². The lowest BCUT2D eigenvalue weighted by Gasteiger charge is -2.28. The van der Waals surface area contributed by atoms with Gasteiger partial charge < -0.3 is 8.83 Å². The Morgan fingerprint density at radius 3 is 1.64 bits per heavy atom. The molecule has 0 atom stereocenters. The molecule has 0 spiro atoms. The summed E-state index contributed by atoms with van der Waals surface area (Å²) in [7, 11) is 60.3. The number of furan rings is 2. The van der Waals surface area contributed by atoms with Gasteiger partial charge in [0.2, 0.25) is 0 Å². The van der Waals surface area contributed by atoms with E-state index in [1.807, 2.05) is 48.5 Å². The maximum atomic E-state index is 7.11. The van der Waals surface area contributed by atoms with Crippen LogP contribution in [0, 0.1) is 0 Å². The second kappa shape index (κ2) is 14.5. The minimum atomic E-state index is -0.133. The minimum Gasteiger partial charge on any atom is -0.456 e. The fourth-order valence-electron chi connectivity index (χ4n) is 10.7. The number of benzene rings is 9. The molecule has 0 N–H and O–H groups in total. The summed E-state index contributed by atoms with van der Waals surface area (Å²) in [5.74, 6) is 0.799. The molecule has 9 aromatic carbocycles. The third-order valence-corrected chi connectivity index (χ3v) is 14.1. The third-order valence-electron chi connectivity index (χ3n) is 14.1. The highest BCUT2D eigenvalue weighted by Gasteiger charge is 2.35. The summed E-state index contributed by atoms with van der Waals surface area (Å²) >= 11 is 0. The van der Waals surface area contributed by atoms with Gasteiger partial charge in [0.15, 0.2) is 0 Å². The van der Waals surface area contributed by atoms with Gasteiger partial charge in [-0.25, -0.2) is 0 Å². The summed E-state index contributed by atoms with van der Waals surface area (Å²) < 4.78 is 13.4. The van der Waals surface area contributed by atoms with Gasteiger partial charge in [-0.05, 0) is 108 Å². The molecule has 0 fully saturated rings. The molecule has 2 heterocycles. The summed E-state index contributed by atoms with van der Waals surface area (Å²) in [5, 5.41) is 5.30. The van der Waals surface area contributed by atoms with Crippen molar-refractivity contribution < 1.29 is 8.83 Å². The molecule has 2 aromatic heterocycles. The van der Waals surface area contributed by atoms with Gasteiger partial charge in [0, 0.05) is 32.7 Å². The quantitative estimate of drug-likeness (QED) is 0.190. The van der Waals surface area contributed by atoms with Gasteiger partial charge in [0.25, 0.3) is 0 Å². The standard InChI is InChI=1S/C55H27B9O2/c1-55(2)34-13-7-5-9-28(34)29-17-15-25(22-35(29)55)38-23-26-21-24(16-20-36(26)65-38)27-18-19-33(40-32-12-6-8-14-37(32)66-54(27)40)39-30-10-3-4-11-31(30)41(43-42(39)45(56)49(60)50(61)46(43)57)44-47(58)51(62)53(64)52(63)48(44)59/h3-23H,1-2H3. The average molecular weight is 817 g/mol. The smallest absolute Gasteiger partial charge is 0.143 e. The lowest BCUT2D eigenvalue weighted by molar-refractivity contribution is 0.630. The van der Waals surface area contributed by atoms with Crippen molar-refractivity contribution in [3.8, 4) is 55.8 Å². The van der Waals surface area contributed by atoms with Gasteiger partial charge in [-0.2, -0.15) is 0 Å². The molecule has 0 bridgehead atoms. The molecule has 11 heteroatoms. The Morgan fingerprint density at radius 2 is 0.909 bits per heavy atom. The molecule has 286 valence electrons. The van der Waals surface area contributed by atoms with Crippen LogP contribution in [0.1, 0.15) is 25.0 Å². The average Bonchev–Trinajstić information content (AvgIpc) is 4.01. The van der Waals surface area contributed by atoms with Crippen molar-refractivity contribution in [2.24, 2.45) is 0 Å². The van der Waals surface area contributed by atoms with Crippen LogP contribution in [0.3, 0.4) is 0 Å². The number of fused-ring (bicyclic) bond motifs is 9. The number of hydrogen-bond acceptors (Lipinski definition) is 2. The highest BCUT2D eigenvalue weighted by atomic mass is 16.3. The van der Waals surface area contributed by atoms with Crippen molar-refractivity contribution in [1.82, 2.24) is 0 Å². The second-order valence-electron chi connectivity index (χ2n) is 17.9. The highest BCUT2D eigenvalue weighted by molar-refractivity contribution is 6.71. The second-order valence-corrected chi connectivity index (χ2v) is 17.9. The molecular weight excluding hydrogens is 790 g/mol. The van der Waals surface area contributed by atoms with E-state index in [0.29, 0.717) is 33.1 Å². The summed E-state index contributed by atoms with van der Waals surface area (Å²) in [6.07, 6.45) is 0. The van der Waals surface area contributed by atoms with Crippen LogP contribution in [-0.2, 0) is 5.41 Å². The van der Waals surface area contributed by atoms with Gasteiger partial charge in [-0.15, -0.1) is 27.3 Å². The van der Waals surface area contributed by atoms with Crippen LogP contribution in [-0.4, -0.2) is 70.6 Å². The van der Waals surface area contributed by atoms with E-state index in [9.17, 15) is 0 Å². The first-order chi connectivity index (χ1) is 31.8. The van der Waals surface area contributed by atoms with Crippen LogP contribution in [0.25, 0.3) is 110 Å². The lowest BCUT2D eigenvalue weighted by atomic mass is 9.58. The molecule has 1 aliphatic rings. The van der Waals surface area contributed by atoms with Crippen LogP contribution < -0.4 is 49.2 Å². The number of rotatable bonds is 4. The van der Waals surface area contributed by atoms with Crippen LogP contribution in [0.5, 0.6) is 0 Å². The predicted octanol–water partition coefficient (Wildman–Crippen LogP) is 4.76. The Balaban J connectivity index is 1.10. The molecule has 18 radical (unpaired) electrons. The molecule has 11 aromatic rings. The Hall–Kier alpha value is -6.58. The van der Waals surface area contributed by atoms with E-state index in [4.69, 9.17) is 79.5 Å². The molecule has 0 unspecified atom stereocenters. The molecule has 0 saturated heterocycles. The summed E-state index contributed by atoms with van der Waals surface area (Å²) in [6.45, 7) is 4.57. The number of hydrogen-bond donors (Lipinski definition) is 0. The number of para-hydroxylation sites is 1. The van der Waals surface area contributed by atoms with E-state index in [0.717, 1.165) is 66.1 Å². The van der Waals surface area contributed by atoms with Crippen molar-refractivity contribution in [2.75, 3.05) is 0 Å². The summed E-state index contributed by atoms with van der Waals surface area (Å²) in [6, 6.07) is 43.7. The maximum absolute atomic E-state index is 7.11. The predicted molar refractivity (Wildman–Crippen MR) is 286 cm³/mol. The summed E-state index contributed by atoms with van der Waals surface area (Å²) in [4.78, 5) is 0. The van der Waals surface area contributed by atoms with E-state index < -0.39 is 0 Å². The minimum absolute atomic E-state index is 0.0896. The maximum Gasteiger partial charge on any atom is 0.143 e. The highest BCUT2D eigenvalue weighted by Crippen LogP contribution is 2.51. The van der Waals surface area contributed by atoms with Gasteiger partial charge in [-0.1, -0.05) is 127 Å². The Bertz CT molecular complexity index is 3940. The van der Waals surface area contributed by atoms with Crippen molar-refractivity contribution in [3.63, 3.8) is 0 Å². The molecule has 66 heavy (non-hydrogen) atoms. The fourth-order valence-corrected chi connectivity index (χ4v) is 10.7. The van der Waals surface area contributed by atoms with E-state index in [1.54, 1.807) is 0 Å². The molecular formula is C55H27B9O2. The lowest BCUT2D eigenvalue weighted by Crippen LogP contribution is -2.55. The topological polar surface area (TPSA) is 26.3 Å². The zero-order valence-corrected chi connectivity index (χ0v) is 36.1. The van der Waals surface area contributed by atoms with Crippen molar-refractivity contribution in [1.29, 1.82) is 0 Å². The Kier molecular flexibility index (Phi) is 8.96. The van der Waals surface area contributed by atoms with Gasteiger partial charge in [0.1, 0.15) is 93.1 Å². The Labute approximate surface area is 394 Å². The largest absolute Gasteiger partial charge is 0.456 e. The van der Waals surface area contributed by atoms with E-state index in [-0.39, 0.29) is 54.6 Å². The first kappa shape index (κ1) is 40.9. The van der Waals surface area contributed by atoms with Gasteiger partial charge in [-0.3, -0.25) is 0 Å². The molecule has 0 aliphatic heterocycles. The normalized spacial score (nSPS) is 13.1. The monoisotopic (exact) mass is 818 g/mol. The zero-order valence-electron chi connectivity index (χ0n) is 36.1. The molecule has 12 rings (SSSR count). The van der Waals surface area contributed by atoms with Crippen molar-refractivity contribution >= 4 is 174 Å². The SMILES string of the molecule is [B]c1c([B])c([B])c(-c2c3ccccc3c(-c3ccc(-c4ccc5oc(-c6ccc7c(c6)C(C)(C)c6ccccc6-7)cc5c4)c4oc5ccccc5c34)c3c([B])c([B])c([B])c([B])c23)c([B])c1[B]. The molecule has 2 nitrogen and oxygen atoms in total. The first-order valence-corrected chi connectivity index (χ1v) is 21.6. The summed E-state index contributed by atoms with van der Waals surface area (Å²) in [5.41, 5.74) is 13.8. The van der Waals surface area contributed by atoms with E-state index >= 15 is 0 Å². The molecule has 1 aliphatic carbocycles. The van der Waals surface area contributed by atoms with Crippen LogP contribution in [0.2, 0.25) is 0 Å². The van der Waals surface area contributed by atoms with Crippen LogP contribution in [0.15, 0.2) is 136 Å². The van der Waals surface area contributed by atoms with E-state index in [2.05, 4.69) is 92.7 Å². The van der Waals surface area contributed by atoms with E-state index in [1.165, 1.54) is 22.3 Å². The fraction of sp³-hybridized carbons (Fsp3) is 0.0545. The van der Waals surface area contributed by atoms with Crippen LogP contribution >= 0.6 is 0 Å². The zero-order chi connectivity index (χ0) is 45.7. The van der Waals surface area contributed by atoms with Crippen molar-refractivity contribution in [2.45, 2.75) is 19.3 Å². The molecule has 0 amide bonds. The first-order valence-electron chi connectivity index (χ1n) is 21.6. The third kappa shape index (κ3) is 5.55. The molecule has 0 saturated carbocycles. The van der Waals surface area contributed by atoms with Gasteiger partial charge in [0.05, 0.1) is 0 Å². The Morgan fingerprint density at radius 1 is 0.364 bits per heavy atom. The van der Waals surface area contributed by atoms with Crippen LogP contribution in [0.4, 0.5) is 0 Å². The van der Waals surface area contributed by atoms with Crippen molar-refractivity contribution in [3.05, 3.63) is 139 Å².